The fourth-order valence-electron chi connectivity index (χ4n) is 1.76. The van der Waals surface area contributed by atoms with Crippen LogP contribution in [-0.2, 0) is 11.3 Å². The van der Waals surface area contributed by atoms with E-state index in [1.54, 1.807) is 41.7 Å². The second kappa shape index (κ2) is 6.81. The molecule has 0 aliphatic carbocycles. The molecule has 0 aliphatic heterocycles. The first-order valence-corrected chi connectivity index (χ1v) is 7.14. The Balaban J connectivity index is 2.03. The van der Waals surface area contributed by atoms with Crippen LogP contribution < -0.4 is 0 Å². The lowest BCUT2D eigenvalue weighted by Crippen LogP contribution is -2.26. The summed E-state index contributed by atoms with van der Waals surface area (Å²) in [5.41, 5.74) is 3.88. The second-order valence-electron chi connectivity index (χ2n) is 4.43. The standard InChI is InChI=1S/C15H14N2O3S/c1-17(8-13-9-21-10-16-13)15(20)12-5-2-11(3-6-12)4-7-14(18)19/h2-7,9-10H,8H2,1H3,(H,18,19). The Kier molecular flexibility index (Phi) is 4.84. The topological polar surface area (TPSA) is 70.5 Å². The number of rotatable bonds is 5. The monoisotopic (exact) mass is 302 g/mol. The largest absolute Gasteiger partial charge is 0.478 e. The molecule has 0 unspecified atom stereocenters. The van der Waals surface area contributed by atoms with Gasteiger partial charge in [0.15, 0.2) is 0 Å². The van der Waals surface area contributed by atoms with Crippen molar-refractivity contribution in [3.63, 3.8) is 0 Å². The Morgan fingerprint density at radius 2 is 2.05 bits per heavy atom. The van der Waals surface area contributed by atoms with Gasteiger partial charge in [0.25, 0.3) is 5.91 Å². The summed E-state index contributed by atoms with van der Waals surface area (Å²) in [4.78, 5) is 28.4. The molecule has 1 aromatic carbocycles. The van der Waals surface area contributed by atoms with Crippen LogP contribution in [0.25, 0.3) is 6.08 Å². The van der Waals surface area contributed by atoms with Crippen molar-refractivity contribution in [2.75, 3.05) is 7.05 Å². The molecular formula is C15H14N2O3S. The predicted octanol–water partition coefficient (Wildman–Crippen LogP) is 2.51. The van der Waals surface area contributed by atoms with E-state index in [1.165, 1.54) is 17.4 Å². The van der Waals surface area contributed by atoms with Crippen LogP contribution in [0, 0.1) is 0 Å². The van der Waals surface area contributed by atoms with Gasteiger partial charge in [0.1, 0.15) is 0 Å². The van der Waals surface area contributed by atoms with Crippen LogP contribution in [0.1, 0.15) is 21.6 Å². The van der Waals surface area contributed by atoms with Crippen LogP contribution in [-0.4, -0.2) is 33.9 Å². The van der Waals surface area contributed by atoms with Gasteiger partial charge in [-0.25, -0.2) is 9.78 Å². The highest BCUT2D eigenvalue weighted by atomic mass is 32.1. The van der Waals surface area contributed by atoms with Crippen molar-refractivity contribution in [2.45, 2.75) is 6.54 Å². The molecule has 108 valence electrons. The molecule has 2 rings (SSSR count). The number of hydrogen-bond acceptors (Lipinski definition) is 4. The quantitative estimate of drug-likeness (QED) is 0.862. The number of benzene rings is 1. The summed E-state index contributed by atoms with van der Waals surface area (Å²) in [6.07, 6.45) is 2.54. The molecule has 0 radical (unpaired) electrons. The Labute approximate surface area is 126 Å². The fraction of sp³-hybridized carbons (Fsp3) is 0.133. The van der Waals surface area contributed by atoms with Crippen LogP contribution >= 0.6 is 11.3 Å². The molecular weight excluding hydrogens is 288 g/mol. The molecule has 0 spiro atoms. The first kappa shape index (κ1) is 14.9. The molecule has 1 aromatic heterocycles. The van der Waals surface area contributed by atoms with Crippen molar-refractivity contribution < 1.29 is 14.7 Å². The zero-order chi connectivity index (χ0) is 15.2. The van der Waals surface area contributed by atoms with Crippen molar-refractivity contribution >= 4 is 29.3 Å². The first-order valence-electron chi connectivity index (χ1n) is 6.20. The van der Waals surface area contributed by atoms with Gasteiger partial charge in [-0.1, -0.05) is 12.1 Å². The first-order chi connectivity index (χ1) is 10.1. The van der Waals surface area contributed by atoms with Crippen molar-refractivity contribution in [1.82, 2.24) is 9.88 Å². The molecule has 1 N–H and O–H groups in total. The maximum atomic E-state index is 12.2. The third-order valence-corrected chi connectivity index (χ3v) is 3.44. The second-order valence-corrected chi connectivity index (χ2v) is 5.15. The zero-order valence-corrected chi connectivity index (χ0v) is 12.2. The normalized spacial score (nSPS) is 10.7. The third kappa shape index (κ3) is 4.25. The lowest BCUT2D eigenvalue weighted by atomic mass is 10.1. The number of amides is 1. The number of carboxylic acids is 1. The number of thiazole rings is 1. The molecule has 2 aromatic rings. The van der Waals surface area contributed by atoms with Crippen LogP contribution in [0.2, 0.25) is 0 Å². The van der Waals surface area contributed by atoms with Crippen molar-refractivity contribution in [3.05, 3.63) is 58.1 Å². The van der Waals surface area contributed by atoms with Gasteiger partial charge < -0.3 is 10.0 Å². The summed E-state index contributed by atoms with van der Waals surface area (Å²) < 4.78 is 0. The Morgan fingerprint density at radius 3 is 2.62 bits per heavy atom. The van der Waals surface area contributed by atoms with Crippen LogP contribution in [0.4, 0.5) is 0 Å². The van der Waals surface area contributed by atoms with E-state index in [0.29, 0.717) is 12.1 Å². The average molecular weight is 302 g/mol. The number of carbonyl (C=O) groups excluding carboxylic acids is 1. The van der Waals surface area contributed by atoms with Gasteiger partial charge in [-0.3, -0.25) is 4.79 Å². The Bertz CT molecular complexity index is 648. The lowest BCUT2D eigenvalue weighted by Gasteiger charge is -2.15. The smallest absolute Gasteiger partial charge is 0.328 e. The Hall–Kier alpha value is -2.47. The van der Waals surface area contributed by atoms with E-state index in [1.807, 2.05) is 5.38 Å². The van der Waals surface area contributed by atoms with E-state index in [2.05, 4.69) is 4.98 Å². The fourth-order valence-corrected chi connectivity index (χ4v) is 2.30. The highest BCUT2D eigenvalue weighted by Crippen LogP contribution is 2.11. The number of nitrogens with zero attached hydrogens (tertiary/aromatic N) is 2. The molecule has 0 saturated carbocycles. The predicted molar refractivity (Wildman–Crippen MR) is 81.0 cm³/mol. The summed E-state index contributed by atoms with van der Waals surface area (Å²) in [5.74, 6) is -1.10. The van der Waals surface area contributed by atoms with Crippen LogP contribution in [0.5, 0.6) is 0 Å². The molecule has 21 heavy (non-hydrogen) atoms. The molecule has 1 heterocycles. The molecule has 0 bridgehead atoms. The number of aromatic nitrogens is 1. The molecule has 0 saturated heterocycles. The maximum absolute atomic E-state index is 12.2. The number of aliphatic carboxylic acids is 1. The average Bonchev–Trinajstić information content (AvgIpc) is 2.97. The van der Waals surface area contributed by atoms with Gasteiger partial charge in [0.05, 0.1) is 17.7 Å². The highest BCUT2D eigenvalue weighted by Gasteiger charge is 2.12. The molecule has 0 aliphatic rings. The van der Waals surface area contributed by atoms with E-state index in [0.717, 1.165) is 17.3 Å². The van der Waals surface area contributed by atoms with Crippen LogP contribution in [0.15, 0.2) is 41.2 Å². The highest BCUT2D eigenvalue weighted by molar-refractivity contribution is 7.07. The Morgan fingerprint density at radius 1 is 1.33 bits per heavy atom. The van der Waals surface area contributed by atoms with Gasteiger partial charge in [-0.15, -0.1) is 11.3 Å². The van der Waals surface area contributed by atoms with E-state index in [-0.39, 0.29) is 5.91 Å². The SMILES string of the molecule is CN(Cc1cscn1)C(=O)c1ccc(C=CC(=O)O)cc1. The minimum Gasteiger partial charge on any atom is -0.478 e. The summed E-state index contributed by atoms with van der Waals surface area (Å²) in [6, 6.07) is 6.79. The van der Waals surface area contributed by atoms with E-state index in [9.17, 15) is 9.59 Å². The van der Waals surface area contributed by atoms with Gasteiger partial charge in [-0.05, 0) is 23.8 Å². The summed E-state index contributed by atoms with van der Waals surface area (Å²) >= 11 is 1.49. The van der Waals surface area contributed by atoms with Gasteiger partial charge >= 0.3 is 5.97 Å². The minimum absolute atomic E-state index is 0.100. The van der Waals surface area contributed by atoms with E-state index >= 15 is 0 Å². The lowest BCUT2D eigenvalue weighted by molar-refractivity contribution is -0.131. The zero-order valence-electron chi connectivity index (χ0n) is 11.4. The summed E-state index contributed by atoms with van der Waals surface area (Å²) in [6.45, 7) is 0.461. The van der Waals surface area contributed by atoms with E-state index in [4.69, 9.17) is 5.11 Å². The van der Waals surface area contributed by atoms with Crippen molar-refractivity contribution in [1.29, 1.82) is 0 Å². The maximum Gasteiger partial charge on any atom is 0.328 e. The van der Waals surface area contributed by atoms with Gasteiger partial charge in [-0.2, -0.15) is 0 Å². The molecule has 5 nitrogen and oxygen atoms in total. The molecule has 0 fully saturated rings. The number of hydrogen-bond donors (Lipinski definition) is 1. The molecule has 1 amide bonds. The van der Waals surface area contributed by atoms with Gasteiger partial charge in [0.2, 0.25) is 0 Å². The third-order valence-electron chi connectivity index (χ3n) is 2.81. The number of carboxylic acid groups (broad SMARTS) is 1. The van der Waals surface area contributed by atoms with E-state index < -0.39 is 5.97 Å². The molecule has 6 heteroatoms. The van der Waals surface area contributed by atoms with Crippen LogP contribution in [0.3, 0.4) is 0 Å². The number of carbonyl (C=O) groups is 2. The molecule has 0 atom stereocenters. The minimum atomic E-state index is -1.00. The van der Waals surface area contributed by atoms with Gasteiger partial charge in [0, 0.05) is 24.1 Å². The summed E-state index contributed by atoms with van der Waals surface area (Å²) in [5, 5.41) is 10.5. The summed E-state index contributed by atoms with van der Waals surface area (Å²) in [7, 11) is 1.72. The van der Waals surface area contributed by atoms with Crippen molar-refractivity contribution in [2.24, 2.45) is 0 Å². The van der Waals surface area contributed by atoms with Crippen molar-refractivity contribution in [3.8, 4) is 0 Å².